The largest absolute Gasteiger partial charge is 0.370 e. The number of para-hydroxylation sites is 2. The van der Waals surface area contributed by atoms with Gasteiger partial charge in [0.2, 0.25) is 0 Å². The van der Waals surface area contributed by atoms with E-state index in [1.807, 2.05) is 18.2 Å². The van der Waals surface area contributed by atoms with Crippen LogP contribution < -0.4 is 10.2 Å². The molecule has 0 atom stereocenters. The van der Waals surface area contributed by atoms with Gasteiger partial charge in [-0.25, -0.2) is 4.98 Å². The Bertz CT molecular complexity index is 668. The van der Waals surface area contributed by atoms with Gasteiger partial charge in [-0.2, -0.15) is 0 Å². The zero-order valence-corrected chi connectivity index (χ0v) is 13.0. The molecule has 114 valence electrons. The van der Waals surface area contributed by atoms with Crippen molar-refractivity contribution in [2.75, 3.05) is 23.3 Å². The maximum Gasteiger partial charge on any atom is 0.255 e. The summed E-state index contributed by atoms with van der Waals surface area (Å²) >= 11 is 5.85. The molecule has 4 nitrogen and oxygen atoms in total. The minimum atomic E-state index is -0.172. The molecule has 2 heterocycles. The Morgan fingerprint density at radius 1 is 1.14 bits per heavy atom. The van der Waals surface area contributed by atoms with Crippen molar-refractivity contribution in [3.8, 4) is 0 Å². The summed E-state index contributed by atoms with van der Waals surface area (Å²) in [6.45, 7) is 2.07. The summed E-state index contributed by atoms with van der Waals surface area (Å²) < 4.78 is 0. The molecule has 1 aromatic heterocycles. The third-order valence-corrected chi connectivity index (χ3v) is 4.04. The highest BCUT2D eigenvalue weighted by Gasteiger charge is 2.16. The molecule has 0 aliphatic carbocycles. The van der Waals surface area contributed by atoms with Crippen LogP contribution in [0.5, 0.6) is 0 Å². The van der Waals surface area contributed by atoms with Crippen LogP contribution in [0.2, 0.25) is 5.15 Å². The number of aromatic nitrogens is 1. The summed E-state index contributed by atoms with van der Waals surface area (Å²) in [5.74, 6) is -0.172. The van der Waals surface area contributed by atoms with Gasteiger partial charge < -0.3 is 10.2 Å². The molecule has 1 amide bonds. The van der Waals surface area contributed by atoms with Crippen molar-refractivity contribution in [3.05, 3.63) is 53.3 Å². The second-order valence-corrected chi connectivity index (χ2v) is 5.77. The molecule has 0 radical (unpaired) electrons. The highest BCUT2D eigenvalue weighted by atomic mass is 35.5. The molecule has 1 aromatic carbocycles. The molecular weight excluding hydrogens is 298 g/mol. The van der Waals surface area contributed by atoms with E-state index in [1.165, 1.54) is 25.5 Å². The van der Waals surface area contributed by atoms with Gasteiger partial charge in [0.25, 0.3) is 5.91 Å². The fourth-order valence-corrected chi connectivity index (χ4v) is 2.90. The molecule has 0 spiro atoms. The van der Waals surface area contributed by atoms with E-state index >= 15 is 0 Å². The number of rotatable bonds is 3. The van der Waals surface area contributed by atoms with E-state index in [2.05, 4.69) is 21.3 Å². The quantitative estimate of drug-likeness (QED) is 0.871. The number of nitrogens with one attached hydrogen (secondary N) is 1. The highest BCUT2D eigenvalue weighted by molar-refractivity contribution is 6.29. The number of pyridine rings is 1. The van der Waals surface area contributed by atoms with Gasteiger partial charge in [0.05, 0.1) is 11.4 Å². The lowest BCUT2D eigenvalue weighted by Gasteiger charge is -2.30. The number of hydrogen-bond donors (Lipinski definition) is 1. The third kappa shape index (κ3) is 3.39. The van der Waals surface area contributed by atoms with Gasteiger partial charge in [0, 0.05) is 24.8 Å². The number of benzene rings is 1. The molecule has 0 unspecified atom stereocenters. The van der Waals surface area contributed by atoms with Crippen LogP contribution in [0.25, 0.3) is 0 Å². The van der Waals surface area contributed by atoms with Crippen LogP contribution in [-0.4, -0.2) is 24.0 Å². The molecule has 5 heteroatoms. The molecule has 1 N–H and O–H groups in total. The first-order valence-corrected chi connectivity index (χ1v) is 7.89. The lowest BCUT2D eigenvalue weighted by Crippen LogP contribution is -2.30. The average molecular weight is 316 g/mol. The number of halogens is 1. The number of nitrogens with zero attached hydrogens (tertiary/aromatic N) is 2. The van der Waals surface area contributed by atoms with E-state index in [0.29, 0.717) is 10.7 Å². The van der Waals surface area contributed by atoms with Gasteiger partial charge in [0.1, 0.15) is 5.15 Å². The Kier molecular flexibility index (Phi) is 4.59. The van der Waals surface area contributed by atoms with E-state index in [-0.39, 0.29) is 5.91 Å². The molecule has 3 rings (SSSR count). The van der Waals surface area contributed by atoms with Crippen LogP contribution in [0, 0.1) is 0 Å². The molecule has 1 saturated heterocycles. The molecule has 0 bridgehead atoms. The normalized spacial score (nSPS) is 14.7. The fraction of sp³-hybridized carbons (Fsp3) is 0.294. The Morgan fingerprint density at radius 2 is 1.91 bits per heavy atom. The van der Waals surface area contributed by atoms with Crippen molar-refractivity contribution in [3.63, 3.8) is 0 Å². The highest BCUT2D eigenvalue weighted by Crippen LogP contribution is 2.28. The van der Waals surface area contributed by atoms with Gasteiger partial charge in [-0.3, -0.25) is 4.79 Å². The van der Waals surface area contributed by atoms with E-state index < -0.39 is 0 Å². The topological polar surface area (TPSA) is 45.2 Å². The van der Waals surface area contributed by atoms with Gasteiger partial charge in [0.15, 0.2) is 0 Å². The van der Waals surface area contributed by atoms with Gasteiger partial charge in [-0.15, -0.1) is 0 Å². The van der Waals surface area contributed by atoms with E-state index in [1.54, 1.807) is 12.1 Å². The number of amides is 1. The first-order valence-electron chi connectivity index (χ1n) is 7.51. The van der Waals surface area contributed by atoms with Crippen molar-refractivity contribution >= 4 is 28.9 Å². The summed E-state index contributed by atoms with van der Waals surface area (Å²) in [6, 6.07) is 11.2. The van der Waals surface area contributed by atoms with Gasteiger partial charge >= 0.3 is 0 Å². The zero-order chi connectivity index (χ0) is 15.4. The predicted octanol–water partition coefficient (Wildman–Crippen LogP) is 3.98. The van der Waals surface area contributed by atoms with Crippen LogP contribution in [0.15, 0.2) is 42.6 Å². The Morgan fingerprint density at radius 3 is 2.68 bits per heavy atom. The summed E-state index contributed by atoms with van der Waals surface area (Å²) in [7, 11) is 0. The molecule has 0 saturated carbocycles. The smallest absolute Gasteiger partial charge is 0.255 e. The Balaban J connectivity index is 1.81. The lowest BCUT2D eigenvalue weighted by molar-refractivity contribution is 0.102. The minimum Gasteiger partial charge on any atom is -0.370 e. The van der Waals surface area contributed by atoms with Crippen molar-refractivity contribution in [2.24, 2.45) is 0 Å². The summed E-state index contributed by atoms with van der Waals surface area (Å²) in [4.78, 5) is 18.6. The summed E-state index contributed by atoms with van der Waals surface area (Å²) in [6.07, 6.45) is 5.21. The number of carbonyl (C=O) groups excluding carboxylic acids is 1. The van der Waals surface area contributed by atoms with Crippen molar-refractivity contribution in [1.29, 1.82) is 0 Å². The van der Waals surface area contributed by atoms with Crippen LogP contribution in [0.4, 0.5) is 11.4 Å². The van der Waals surface area contributed by atoms with Crippen LogP contribution >= 0.6 is 11.6 Å². The average Bonchev–Trinajstić information content (AvgIpc) is 2.56. The molecule has 22 heavy (non-hydrogen) atoms. The van der Waals surface area contributed by atoms with Crippen molar-refractivity contribution in [2.45, 2.75) is 19.3 Å². The SMILES string of the molecule is O=C(Nc1ccccc1N1CCCCC1)c1ccnc(Cl)c1. The van der Waals surface area contributed by atoms with E-state index in [0.717, 1.165) is 24.5 Å². The van der Waals surface area contributed by atoms with Crippen molar-refractivity contribution in [1.82, 2.24) is 4.98 Å². The predicted molar refractivity (Wildman–Crippen MR) is 89.7 cm³/mol. The second kappa shape index (κ2) is 6.79. The minimum absolute atomic E-state index is 0.172. The standard InChI is InChI=1S/C17H18ClN3O/c18-16-12-13(8-9-19-16)17(22)20-14-6-2-3-7-15(14)21-10-4-1-5-11-21/h2-3,6-9,12H,1,4-5,10-11H2,(H,20,22). The fourth-order valence-electron chi connectivity index (χ4n) is 2.73. The third-order valence-electron chi connectivity index (χ3n) is 3.84. The summed E-state index contributed by atoms with van der Waals surface area (Å²) in [5, 5.41) is 3.30. The maximum atomic E-state index is 12.4. The number of carbonyl (C=O) groups is 1. The Hall–Kier alpha value is -2.07. The molecular formula is C17H18ClN3O. The zero-order valence-electron chi connectivity index (χ0n) is 12.3. The second-order valence-electron chi connectivity index (χ2n) is 5.39. The van der Waals surface area contributed by atoms with Gasteiger partial charge in [-0.1, -0.05) is 23.7 Å². The monoisotopic (exact) mass is 315 g/mol. The van der Waals surface area contributed by atoms with Crippen LogP contribution in [0.1, 0.15) is 29.6 Å². The number of hydrogen-bond acceptors (Lipinski definition) is 3. The first kappa shape index (κ1) is 14.9. The first-order chi connectivity index (χ1) is 10.7. The molecule has 1 fully saturated rings. The van der Waals surface area contributed by atoms with E-state index in [9.17, 15) is 4.79 Å². The number of anilines is 2. The molecule has 1 aliphatic heterocycles. The van der Waals surface area contributed by atoms with E-state index in [4.69, 9.17) is 11.6 Å². The lowest BCUT2D eigenvalue weighted by atomic mass is 10.1. The number of piperidine rings is 1. The maximum absolute atomic E-state index is 12.4. The molecule has 2 aromatic rings. The molecule has 1 aliphatic rings. The van der Waals surface area contributed by atoms with Crippen molar-refractivity contribution < 1.29 is 4.79 Å². The van der Waals surface area contributed by atoms with Crippen LogP contribution in [0.3, 0.4) is 0 Å². The Labute approximate surface area is 135 Å². The summed E-state index contributed by atoms with van der Waals surface area (Å²) in [5.41, 5.74) is 2.42. The van der Waals surface area contributed by atoms with Crippen LogP contribution in [-0.2, 0) is 0 Å². The van der Waals surface area contributed by atoms with Gasteiger partial charge in [-0.05, 0) is 43.5 Å².